The summed E-state index contributed by atoms with van der Waals surface area (Å²) in [6.45, 7) is 1.80. The summed E-state index contributed by atoms with van der Waals surface area (Å²) < 4.78 is 0. The molecule has 0 aliphatic heterocycles. The van der Waals surface area contributed by atoms with Crippen molar-refractivity contribution in [3.63, 3.8) is 0 Å². The van der Waals surface area contributed by atoms with Crippen LogP contribution in [0.4, 0.5) is 0 Å². The van der Waals surface area contributed by atoms with Gasteiger partial charge in [0.15, 0.2) is 0 Å². The van der Waals surface area contributed by atoms with Gasteiger partial charge in [-0.05, 0) is 37.5 Å². The second kappa shape index (κ2) is 5.21. The van der Waals surface area contributed by atoms with E-state index in [1.807, 2.05) is 12.1 Å². The number of aliphatic hydroxyl groups is 1. The molecule has 80 valence electrons. The summed E-state index contributed by atoms with van der Waals surface area (Å²) in [4.78, 5) is 0. The molecule has 0 saturated carbocycles. The Morgan fingerprint density at radius 2 is 2.00 bits per heavy atom. The highest BCUT2D eigenvalue weighted by atomic mass is 35.5. The van der Waals surface area contributed by atoms with E-state index < -0.39 is 5.60 Å². The molecule has 0 amide bonds. The fourth-order valence-corrected chi connectivity index (χ4v) is 1.61. The van der Waals surface area contributed by atoms with E-state index in [4.69, 9.17) is 18.0 Å². The van der Waals surface area contributed by atoms with Crippen molar-refractivity contribution in [3.8, 4) is 12.3 Å². The van der Waals surface area contributed by atoms with E-state index in [1.165, 1.54) is 0 Å². The highest BCUT2D eigenvalue weighted by molar-refractivity contribution is 6.30. The molecule has 0 saturated heterocycles. The van der Waals surface area contributed by atoms with E-state index in [0.717, 1.165) is 12.0 Å². The van der Waals surface area contributed by atoms with Gasteiger partial charge >= 0.3 is 0 Å². The molecule has 1 unspecified atom stereocenters. The number of benzene rings is 1. The first kappa shape index (κ1) is 12.1. The van der Waals surface area contributed by atoms with Crippen molar-refractivity contribution in [2.24, 2.45) is 0 Å². The zero-order valence-corrected chi connectivity index (χ0v) is 9.59. The highest BCUT2D eigenvalue weighted by Crippen LogP contribution is 2.27. The Balaban J connectivity index is 2.68. The molecule has 0 fully saturated rings. The van der Waals surface area contributed by atoms with Crippen LogP contribution in [0.5, 0.6) is 0 Å². The molecule has 2 heteroatoms. The first-order valence-electron chi connectivity index (χ1n) is 4.98. The van der Waals surface area contributed by atoms with Gasteiger partial charge in [-0.3, -0.25) is 0 Å². The van der Waals surface area contributed by atoms with Crippen LogP contribution < -0.4 is 0 Å². The molecule has 0 aliphatic rings. The Morgan fingerprint density at radius 3 is 2.53 bits per heavy atom. The van der Waals surface area contributed by atoms with Crippen LogP contribution in [0.3, 0.4) is 0 Å². The minimum Gasteiger partial charge on any atom is -0.385 e. The van der Waals surface area contributed by atoms with Gasteiger partial charge in [0.1, 0.15) is 0 Å². The van der Waals surface area contributed by atoms with Gasteiger partial charge in [-0.2, -0.15) is 0 Å². The van der Waals surface area contributed by atoms with E-state index in [9.17, 15) is 5.11 Å². The molecular formula is C13H15ClO. The van der Waals surface area contributed by atoms with E-state index in [2.05, 4.69) is 5.92 Å². The van der Waals surface area contributed by atoms with Crippen LogP contribution in [0.25, 0.3) is 0 Å². The lowest BCUT2D eigenvalue weighted by Crippen LogP contribution is -2.20. The van der Waals surface area contributed by atoms with E-state index in [-0.39, 0.29) is 0 Å². The molecule has 1 nitrogen and oxygen atoms in total. The normalized spacial score (nSPS) is 14.3. The van der Waals surface area contributed by atoms with Crippen LogP contribution in [-0.4, -0.2) is 5.11 Å². The lowest BCUT2D eigenvalue weighted by atomic mass is 9.91. The molecule has 1 aromatic carbocycles. The Morgan fingerprint density at radius 1 is 1.40 bits per heavy atom. The molecule has 0 aliphatic carbocycles. The lowest BCUT2D eigenvalue weighted by molar-refractivity contribution is 0.0460. The first-order chi connectivity index (χ1) is 7.06. The Hall–Kier alpha value is -0.970. The van der Waals surface area contributed by atoms with Gasteiger partial charge in [-0.1, -0.05) is 23.7 Å². The van der Waals surface area contributed by atoms with Crippen molar-refractivity contribution in [2.75, 3.05) is 0 Å². The molecule has 0 heterocycles. The summed E-state index contributed by atoms with van der Waals surface area (Å²) >= 11 is 5.78. The summed E-state index contributed by atoms with van der Waals surface area (Å²) in [5.41, 5.74) is 0.0606. The Bertz CT molecular complexity index is 346. The molecule has 1 rings (SSSR count). The van der Waals surface area contributed by atoms with Crippen LogP contribution in [0.1, 0.15) is 31.7 Å². The van der Waals surface area contributed by atoms with Crippen molar-refractivity contribution >= 4 is 11.6 Å². The van der Waals surface area contributed by atoms with Crippen LogP contribution in [0, 0.1) is 12.3 Å². The summed E-state index contributed by atoms with van der Waals surface area (Å²) in [6, 6.07) is 7.26. The number of unbranched alkanes of at least 4 members (excludes halogenated alkanes) is 1. The summed E-state index contributed by atoms with van der Waals surface area (Å²) in [5, 5.41) is 10.9. The maximum atomic E-state index is 10.2. The second-order valence-corrected chi connectivity index (χ2v) is 4.27. The van der Waals surface area contributed by atoms with Crippen molar-refractivity contribution < 1.29 is 5.11 Å². The predicted molar refractivity (Wildman–Crippen MR) is 63.7 cm³/mol. The number of halogens is 1. The molecule has 0 spiro atoms. The van der Waals surface area contributed by atoms with Crippen LogP contribution >= 0.6 is 11.6 Å². The summed E-state index contributed by atoms with van der Waals surface area (Å²) in [7, 11) is 0. The van der Waals surface area contributed by atoms with Crippen molar-refractivity contribution in [2.45, 2.75) is 31.8 Å². The van der Waals surface area contributed by atoms with E-state index >= 15 is 0 Å². The molecule has 1 N–H and O–H groups in total. The largest absolute Gasteiger partial charge is 0.385 e. The third kappa shape index (κ3) is 3.58. The van der Waals surface area contributed by atoms with Gasteiger partial charge in [0.2, 0.25) is 0 Å². The minimum absolute atomic E-state index is 0.666. The fourth-order valence-electron chi connectivity index (χ4n) is 1.49. The predicted octanol–water partition coefficient (Wildman–Crippen LogP) is 3.35. The van der Waals surface area contributed by atoms with Gasteiger partial charge in [-0.25, -0.2) is 0 Å². The standard InChI is InChI=1S/C13H15ClO/c1-3-4-5-10-13(2,15)11-6-8-12(14)9-7-11/h1,6-9,15H,4-5,10H2,2H3. The molecule has 0 aromatic heterocycles. The number of hydrogen-bond acceptors (Lipinski definition) is 1. The van der Waals surface area contributed by atoms with Gasteiger partial charge < -0.3 is 5.11 Å². The third-order valence-electron chi connectivity index (χ3n) is 2.45. The maximum absolute atomic E-state index is 10.2. The fraction of sp³-hybridized carbons (Fsp3) is 0.385. The zero-order chi connectivity index (χ0) is 11.3. The summed E-state index contributed by atoms with van der Waals surface area (Å²) in [5.74, 6) is 2.57. The summed E-state index contributed by atoms with van der Waals surface area (Å²) in [6.07, 6.45) is 7.36. The van der Waals surface area contributed by atoms with Crippen molar-refractivity contribution in [1.29, 1.82) is 0 Å². The van der Waals surface area contributed by atoms with Gasteiger partial charge in [0.05, 0.1) is 5.60 Å². The zero-order valence-electron chi connectivity index (χ0n) is 8.83. The molecule has 15 heavy (non-hydrogen) atoms. The monoisotopic (exact) mass is 222 g/mol. The van der Waals surface area contributed by atoms with E-state index in [0.29, 0.717) is 17.9 Å². The van der Waals surface area contributed by atoms with Gasteiger partial charge in [-0.15, -0.1) is 12.3 Å². The minimum atomic E-state index is -0.818. The maximum Gasteiger partial charge on any atom is 0.0868 e. The molecule has 1 aromatic rings. The number of hydrogen-bond donors (Lipinski definition) is 1. The van der Waals surface area contributed by atoms with Gasteiger partial charge in [0, 0.05) is 11.4 Å². The average Bonchev–Trinajstić information content (AvgIpc) is 2.18. The number of terminal acetylenes is 1. The lowest BCUT2D eigenvalue weighted by Gasteiger charge is -2.23. The van der Waals surface area contributed by atoms with Crippen LogP contribution in [0.15, 0.2) is 24.3 Å². The van der Waals surface area contributed by atoms with Gasteiger partial charge in [0.25, 0.3) is 0 Å². The highest BCUT2D eigenvalue weighted by Gasteiger charge is 2.21. The third-order valence-corrected chi connectivity index (χ3v) is 2.70. The van der Waals surface area contributed by atoms with Crippen LogP contribution in [0.2, 0.25) is 5.02 Å². The topological polar surface area (TPSA) is 20.2 Å². The Labute approximate surface area is 96.1 Å². The second-order valence-electron chi connectivity index (χ2n) is 3.84. The number of rotatable bonds is 4. The molecule has 0 radical (unpaired) electrons. The van der Waals surface area contributed by atoms with Crippen molar-refractivity contribution in [3.05, 3.63) is 34.9 Å². The molecule has 0 bridgehead atoms. The SMILES string of the molecule is C#CCCCC(C)(O)c1ccc(Cl)cc1. The van der Waals surface area contributed by atoms with Crippen molar-refractivity contribution in [1.82, 2.24) is 0 Å². The van der Waals surface area contributed by atoms with E-state index in [1.54, 1.807) is 19.1 Å². The average molecular weight is 223 g/mol. The molecular weight excluding hydrogens is 208 g/mol. The quantitative estimate of drug-likeness (QED) is 0.612. The van der Waals surface area contributed by atoms with Crippen LogP contribution in [-0.2, 0) is 5.60 Å². The smallest absolute Gasteiger partial charge is 0.0868 e. The molecule has 1 atom stereocenters. The Kier molecular flexibility index (Phi) is 4.20. The first-order valence-corrected chi connectivity index (χ1v) is 5.36.